The molecule has 0 aromatic heterocycles. The summed E-state index contributed by atoms with van der Waals surface area (Å²) in [7, 11) is 0. The summed E-state index contributed by atoms with van der Waals surface area (Å²) in [6.45, 7) is 3.73. The Kier molecular flexibility index (Phi) is 5.77. The molecule has 0 aliphatic rings. The van der Waals surface area contributed by atoms with Crippen molar-refractivity contribution in [3.63, 3.8) is 0 Å². The van der Waals surface area contributed by atoms with Gasteiger partial charge in [0.2, 0.25) is 0 Å². The highest BCUT2D eigenvalue weighted by Crippen LogP contribution is 2.20. The molecule has 0 fully saturated rings. The SMILES string of the molecule is C/C=C/CCNCc1cc(Cl)ccc1Cl. The van der Waals surface area contributed by atoms with Gasteiger partial charge in [-0.3, -0.25) is 0 Å². The topological polar surface area (TPSA) is 12.0 Å². The molecule has 1 N–H and O–H groups in total. The van der Waals surface area contributed by atoms with E-state index < -0.39 is 0 Å². The third kappa shape index (κ3) is 4.70. The van der Waals surface area contributed by atoms with Crippen LogP contribution in [-0.4, -0.2) is 6.54 Å². The van der Waals surface area contributed by atoms with Gasteiger partial charge in [-0.1, -0.05) is 35.4 Å². The Morgan fingerprint density at radius 2 is 2.13 bits per heavy atom. The van der Waals surface area contributed by atoms with Crippen LogP contribution in [0.2, 0.25) is 10.0 Å². The molecule has 0 saturated carbocycles. The lowest BCUT2D eigenvalue weighted by Crippen LogP contribution is -2.14. The van der Waals surface area contributed by atoms with Crippen LogP contribution in [0.3, 0.4) is 0 Å². The standard InChI is InChI=1S/C12H15Cl2N/c1-2-3-4-7-15-9-10-8-11(13)5-6-12(10)14/h2-3,5-6,8,15H,4,7,9H2,1H3/b3-2+. The molecule has 0 atom stereocenters. The van der Waals surface area contributed by atoms with Gasteiger partial charge in [0.25, 0.3) is 0 Å². The summed E-state index contributed by atoms with van der Waals surface area (Å²) in [5.41, 5.74) is 1.05. The van der Waals surface area contributed by atoms with E-state index in [1.165, 1.54) is 0 Å². The van der Waals surface area contributed by atoms with Crippen molar-refractivity contribution in [1.82, 2.24) is 5.32 Å². The van der Waals surface area contributed by atoms with Crippen molar-refractivity contribution in [2.75, 3.05) is 6.54 Å². The van der Waals surface area contributed by atoms with Gasteiger partial charge in [-0.25, -0.2) is 0 Å². The Labute approximate surface area is 101 Å². The predicted octanol–water partition coefficient (Wildman–Crippen LogP) is 4.05. The van der Waals surface area contributed by atoms with Crippen LogP contribution < -0.4 is 5.32 Å². The largest absolute Gasteiger partial charge is 0.312 e. The van der Waals surface area contributed by atoms with Crippen molar-refractivity contribution in [2.24, 2.45) is 0 Å². The lowest BCUT2D eigenvalue weighted by Gasteiger charge is -2.05. The average molecular weight is 244 g/mol. The van der Waals surface area contributed by atoms with Crippen LogP contribution in [0.25, 0.3) is 0 Å². The van der Waals surface area contributed by atoms with Crippen molar-refractivity contribution in [3.05, 3.63) is 46.0 Å². The number of allylic oxidation sites excluding steroid dienone is 1. The number of halogens is 2. The van der Waals surface area contributed by atoms with Crippen LogP contribution in [0.4, 0.5) is 0 Å². The van der Waals surface area contributed by atoms with E-state index in [2.05, 4.69) is 11.4 Å². The van der Waals surface area contributed by atoms with Gasteiger partial charge >= 0.3 is 0 Å². The van der Waals surface area contributed by atoms with Crippen molar-refractivity contribution in [1.29, 1.82) is 0 Å². The molecule has 0 saturated heterocycles. The van der Waals surface area contributed by atoms with Crippen LogP contribution in [0.5, 0.6) is 0 Å². The van der Waals surface area contributed by atoms with E-state index in [0.29, 0.717) is 0 Å². The molecular formula is C12H15Cl2N. The van der Waals surface area contributed by atoms with Crippen LogP contribution >= 0.6 is 23.2 Å². The predicted molar refractivity (Wildman–Crippen MR) is 67.6 cm³/mol. The molecule has 1 aromatic carbocycles. The number of hydrogen-bond acceptors (Lipinski definition) is 1. The van der Waals surface area contributed by atoms with E-state index >= 15 is 0 Å². The maximum atomic E-state index is 6.02. The summed E-state index contributed by atoms with van der Waals surface area (Å²) in [5.74, 6) is 0. The van der Waals surface area contributed by atoms with Gasteiger partial charge in [-0.2, -0.15) is 0 Å². The monoisotopic (exact) mass is 243 g/mol. The zero-order valence-electron chi connectivity index (χ0n) is 8.76. The summed E-state index contributed by atoms with van der Waals surface area (Å²) >= 11 is 11.9. The van der Waals surface area contributed by atoms with Gasteiger partial charge in [-0.15, -0.1) is 0 Å². The van der Waals surface area contributed by atoms with Gasteiger partial charge in [0, 0.05) is 16.6 Å². The number of rotatable bonds is 5. The Hall–Kier alpha value is -0.500. The molecule has 0 unspecified atom stereocenters. The second kappa shape index (κ2) is 6.89. The molecule has 0 radical (unpaired) electrons. The molecule has 0 spiro atoms. The Balaban J connectivity index is 2.40. The fourth-order valence-electron chi connectivity index (χ4n) is 1.25. The fourth-order valence-corrected chi connectivity index (χ4v) is 1.63. The second-order valence-electron chi connectivity index (χ2n) is 3.27. The first-order valence-electron chi connectivity index (χ1n) is 5.00. The third-order valence-electron chi connectivity index (χ3n) is 2.05. The normalized spacial score (nSPS) is 11.1. The quantitative estimate of drug-likeness (QED) is 0.608. The highest BCUT2D eigenvalue weighted by Gasteiger charge is 1.99. The zero-order chi connectivity index (χ0) is 11.1. The van der Waals surface area contributed by atoms with Crippen LogP contribution in [0, 0.1) is 0 Å². The van der Waals surface area contributed by atoms with E-state index in [-0.39, 0.29) is 0 Å². The summed E-state index contributed by atoms with van der Waals surface area (Å²) in [5, 5.41) is 4.80. The molecule has 0 aliphatic carbocycles. The average Bonchev–Trinajstić information content (AvgIpc) is 2.23. The zero-order valence-corrected chi connectivity index (χ0v) is 10.3. The van der Waals surface area contributed by atoms with Crippen molar-refractivity contribution < 1.29 is 0 Å². The molecule has 1 aromatic rings. The molecule has 3 heteroatoms. The second-order valence-corrected chi connectivity index (χ2v) is 4.11. The Bertz CT molecular complexity index is 334. The van der Waals surface area contributed by atoms with E-state index in [1.54, 1.807) is 6.07 Å². The third-order valence-corrected chi connectivity index (χ3v) is 2.65. The highest BCUT2D eigenvalue weighted by atomic mass is 35.5. The van der Waals surface area contributed by atoms with Gasteiger partial charge in [-0.05, 0) is 43.7 Å². The maximum absolute atomic E-state index is 6.02. The first-order valence-corrected chi connectivity index (χ1v) is 5.75. The van der Waals surface area contributed by atoms with Crippen molar-refractivity contribution in [3.8, 4) is 0 Å². The molecule has 0 bridgehead atoms. The van der Waals surface area contributed by atoms with E-state index in [0.717, 1.165) is 35.1 Å². The summed E-state index contributed by atoms with van der Waals surface area (Å²) in [4.78, 5) is 0. The molecule has 0 amide bonds. The lowest BCUT2D eigenvalue weighted by molar-refractivity contribution is 0.695. The number of benzene rings is 1. The summed E-state index contributed by atoms with van der Waals surface area (Å²) in [6, 6.07) is 5.52. The van der Waals surface area contributed by atoms with Gasteiger partial charge in [0.15, 0.2) is 0 Å². The first-order chi connectivity index (χ1) is 7.24. The van der Waals surface area contributed by atoms with E-state index in [1.807, 2.05) is 25.1 Å². The summed E-state index contributed by atoms with van der Waals surface area (Å²) in [6.07, 6.45) is 5.22. The molecule has 82 valence electrons. The highest BCUT2D eigenvalue weighted by molar-refractivity contribution is 6.33. The minimum Gasteiger partial charge on any atom is -0.312 e. The van der Waals surface area contributed by atoms with Crippen molar-refractivity contribution >= 4 is 23.2 Å². The van der Waals surface area contributed by atoms with Crippen LogP contribution in [0.15, 0.2) is 30.4 Å². The van der Waals surface area contributed by atoms with E-state index in [9.17, 15) is 0 Å². The molecule has 1 rings (SSSR count). The van der Waals surface area contributed by atoms with Gasteiger partial charge < -0.3 is 5.32 Å². The molecule has 0 aliphatic heterocycles. The Morgan fingerprint density at radius 1 is 1.33 bits per heavy atom. The van der Waals surface area contributed by atoms with Gasteiger partial charge in [0.05, 0.1) is 0 Å². The molecular weight excluding hydrogens is 229 g/mol. The fraction of sp³-hybridized carbons (Fsp3) is 0.333. The minimum atomic E-state index is 0.727. The van der Waals surface area contributed by atoms with Crippen LogP contribution in [0.1, 0.15) is 18.9 Å². The maximum Gasteiger partial charge on any atom is 0.0451 e. The molecule has 15 heavy (non-hydrogen) atoms. The van der Waals surface area contributed by atoms with Crippen LogP contribution in [-0.2, 0) is 6.54 Å². The smallest absolute Gasteiger partial charge is 0.0451 e. The summed E-state index contributed by atoms with van der Waals surface area (Å²) < 4.78 is 0. The van der Waals surface area contributed by atoms with E-state index in [4.69, 9.17) is 23.2 Å². The number of nitrogens with one attached hydrogen (secondary N) is 1. The molecule has 0 heterocycles. The van der Waals surface area contributed by atoms with Gasteiger partial charge in [0.1, 0.15) is 0 Å². The number of hydrogen-bond donors (Lipinski definition) is 1. The Morgan fingerprint density at radius 3 is 2.87 bits per heavy atom. The lowest BCUT2D eigenvalue weighted by atomic mass is 10.2. The minimum absolute atomic E-state index is 0.727. The first kappa shape index (κ1) is 12.6. The molecule has 1 nitrogen and oxygen atoms in total. The van der Waals surface area contributed by atoms with Crippen molar-refractivity contribution in [2.45, 2.75) is 19.9 Å².